The lowest BCUT2D eigenvalue weighted by molar-refractivity contribution is -0.152. The lowest BCUT2D eigenvalue weighted by Crippen LogP contribution is -2.29. The average molecular weight is 324 g/mol. The fraction of sp³-hybridized carbons (Fsp3) is 0.929. The summed E-state index contributed by atoms with van der Waals surface area (Å²) in [7, 11) is -3.67. The van der Waals surface area contributed by atoms with Crippen LogP contribution in [-0.2, 0) is 27.9 Å². The van der Waals surface area contributed by atoms with Crippen molar-refractivity contribution in [3.8, 4) is 0 Å². The van der Waals surface area contributed by atoms with Gasteiger partial charge in [-0.3, -0.25) is 4.57 Å². The molecule has 0 fully saturated rings. The minimum absolute atomic E-state index is 0.173. The van der Waals surface area contributed by atoms with Crippen molar-refractivity contribution in [2.45, 2.75) is 59.2 Å². The Hall–Kier alpha value is -0.420. The van der Waals surface area contributed by atoms with Crippen molar-refractivity contribution < 1.29 is 27.9 Å². The Morgan fingerprint density at radius 1 is 0.952 bits per heavy atom. The monoisotopic (exact) mass is 324 g/mol. The third-order valence-electron chi connectivity index (χ3n) is 2.67. The Balaban J connectivity index is 4.76. The summed E-state index contributed by atoms with van der Waals surface area (Å²) in [6, 6.07) is 0. The summed E-state index contributed by atoms with van der Waals surface area (Å²) in [5.41, 5.74) is 0. The van der Waals surface area contributed by atoms with Crippen LogP contribution in [0.15, 0.2) is 0 Å². The summed E-state index contributed by atoms with van der Waals surface area (Å²) in [5.74, 6) is -2.00. The first-order valence-corrected chi connectivity index (χ1v) is 9.33. The van der Waals surface area contributed by atoms with Gasteiger partial charge in [0.15, 0.2) is 0 Å². The summed E-state index contributed by atoms with van der Waals surface area (Å²) in [6.45, 7) is 8.03. The van der Waals surface area contributed by atoms with E-state index in [1.807, 2.05) is 0 Å². The molecule has 0 bridgehead atoms. The number of rotatable bonds is 13. The van der Waals surface area contributed by atoms with Crippen LogP contribution in [0.3, 0.4) is 0 Å². The van der Waals surface area contributed by atoms with E-state index in [1.54, 1.807) is 20.8 Å². The lowest BCUT2D eigenvalue weighted by Gasteiger charge is -2.24. The van der Waals surface area contributed by atoms with Crippen molar-refractivity contribution in [3.05, 3.63) is 0 Å². The Labute approximate surface area is 128 Å². The van der Waals surface area contributed by atoms with Gasteiger partial charge in [-0.25, -0.2) is 4.79 Å². The van der Waals surface area contributed by atoms with E-state index in [0.717, 1.165) is 25.7 Å². The predicted molar refractivity (Wildman–Crippen MR) is 81.4 cm³/mol. The zero-order valence-corrected chi connectivity index (χ0v) is 14.5. The molecule has 0 rings (SSSR count). The smallest absolute Gasteiger partial charge is 0.370 e. The van der Waals surface area contributed by atoms with Crippen molar-refractivity contribution in [2.75, 3.05) is 26.4 Å². The second kappa shape index (κ2) is 12.2. The second-order valence-electron chi connectivity index (χ2n) is 4.41. The molecule has 0 aliphatic rings. The molecular formula is C14H29O6P. The predicted octanol–water partition coefficient (Wildman–Crippen LogP) is 3.74. The van der Waals surface area contributed by atoms with E-state index in [4.69, 9.17) is 18.5 Å². The van der Waals surface area contributed by atoms with E-state index in [9.17, 15) is 9.36 Å². The number of hydrogen-bond donors (Lipinski definition) is 0. The van der Waals surface area contributed by atoms with Crippen LogP contribution in [0.25, 0.3) is 0 Å². The highest BCUT2D eigenvalue weighted by Crippen LogP contribution is 2.53. The largest absolute Gasteiger partial charge is 0.464 e. The fourth-order valence-electron chi connectivity index (χ4n) is 1.76. The van der Waals surface area contributed by atoms with Gasteiger partial charge in [0.1, 0.15) is 0 Å². The molecule has 0 unspecified atom stereocenters. The third-order valence-corrected chi connectivity index (χ3v) is 4.84. The molecule has 0 amide bonds. The number of unbranched alkanes of at least 4 members (excludes halogenated alkanes) is 3. The van der Waals surface area contributed by atoms with E-state index in [2.05, 4.69) is 6.92 Å². The zero-order valence-electron chi connectivity index (χ0n) is 13.6. The first-order chi connectivity index (χ1) is 10.1. The standard InChI is InChI=1S/C14H29O6P/c1-5-9-10-11-12-18-14(13(15)17-6-2)21(16,19-7-3)20-8-4/h14H,5-12H2,1-4H3/t14-/m0/s1. The maximum Gasteiger partial charge on any atom is 0.370 e. The summed E-state index contributed by atoms with van der Waals surface area (Å²) >= 11 is 0. The molecule has 0 saturated carbocycles. The molecule has 21 heavy (non-hydrogen) atoms. The van der Waals surface area contributed by atoms with Crippen molar-refractivity contribution in [1.29, 1.82) is 0 Å². The van der Waals surface area contributed by atoms with Crippen molar-refractivity contribution >= 4 is 13.6 Å². The van der Waals surface area contributed by atoms with Crippen LogP contribution >= 0.6 is 7.60 Å². The number of carbonyl (C=O) groups is 1. The van der Waals surface area contributed by atoms with Crippen molar-refractivity contribution in [3.63, 3.8) is 0 Å². The van der Waals surface area contributed by atoms with E-state index in [0.29, 0.717) is 6.61 Å². The molecule has 0 heterocycles. The fourth-order valence-corrected chi connectivity index (χ4v) is 3.44. The molecule has 0 aliphatic heterocycles. The molecule has 0 aromatic heterocycles. The number of hydrogen-bond acceptors (Lipinski definition) is 6. The average Bonchev–Trinajstić information content (AvgIpc) is 2.43. The van der Waals surface area contributed by atoms with Gasteiger partial charge in [-0.05, 0) is 27.2 Å². The van der Waals surface area contributed by atoms with Crippen LogP contribution in [-0.4, -0.2) is 38.2 Å². The highest BCUT2D eigenvalue weighted by molar-refractivity contribution is 7.55. The first kappa shape index (κ1) is 20.6. The highest BCUT2D eigenvalue weighted by Gasteiger charge is 2.43. The summed E-state index contributed by atoms with van der Waals surface area (Å²) in [6.07, 6.45) is 4.00. The lowest BCUT2D eigenvalue weighted by atomic mass is 10.2. The quantitative estimate of drug-likeness (QED) is 0.292. The number of ether oxygens (including phenoxy) is 2. The third kappa shape index (κ3) is 7.96. The molecular weight excluding hydrogens is 295 g/mol. The van der Waals surface area contributed by atoms with Crippen LogP contribution in [0.5, 0.6) is 0 Å². The molecule has 0 aromatic carbocycles. The number of esters is 1. The maximum absolute atomic E-state index is 12.7. The topological polar surface area (TPSA) is 71.1 Å². The minimum Gasteiger partial charge on any atom is -0.464 e. The van der Waals surface area contributed by atoms with Crippen LogP contribution in [0.2, 0.25) is 0 Å². The van der Waals surface area contributed by atoms with Crippen molar-refractivity contribution in [2.24, 2.45) is 0 Å². The number of carbonyl (C=O) groups excluding carboxylic acids is 1. The Bertz CT molecular complexity index is 311. The molecule has 0 N–H and O–H groups in total. The molecule has 0 aliphatic carbocycles. The van der Waals surface area contributed by atoms with Crippen LogP contribution in [0.4, 0.5) is 0 Å². The van der Waals surface area contributed by atoms with E-state index < -0.39 is 19.4 Å². The van der Waals surface area contributed by atoms with Gasteiger partial charge in [0.2, 0.25) is 0 Å². The molecule has 0 radical (unpaired) electrons. The molecule has 1 atom stereocenters. The van der Waals surface area contributed by atoms with Crippen LogP contribution in [0, 0.1) is 0 Å². The van der Waals surface area contributed by atoms with Crippen molar-refractivity contribution in [1.82, 2.24) is 0 Å². The maximum atomic E-state index is 12.7. The van der Waals surface area contributed by atoms with Gasteiger partial charge in [0.05, 0.1) is 19.8 Å². The van der Waals surface area contributed by atoms with E-state index in [1.165, 1.54) is 0 Å². The van der Waals surface area contributed by atoms with E-state index >= 15 is 0 Å². The van der Waals surface area contributed by atoms with Gasteiger partial charge in [0, 0.05) is 6.61 Å². The second-order valence-corrected chi connectivity index (χ2v) is 6.48. The molecule has 0 saturated heterocycles. The van der Waals surface area contributed by atoms with Crippen LogP contribution < -0.4 is 0 Å². The Kier molecular flexibility index (Phi) is 11.9. The summed E-state index contributed by atoms with van der Waals surface area (Å²) < 4.78 is 33.5. The normalized spacial score (nSPS) is 13.1. The van der Waals surface area contributed by atoms with Crippen LogP contribution in [0.1, 0.15) is 53.4 Å². The molecule has 126 valence electrons. The molecule has 0 spiro atoms. The highest BCUT2D eigenvalue weighted by atomic mass is 31.2. The summed E-state index contributed by atoms with van der Waals surface area (Å²) in [5, 5.41) is 0. The zero-order chi connectivity index (χ0) is 16.1. The van der Waals surface area contributed by atoms with Gasteiger partial charge in [0.25, 0.3) is 5.85 Å². The van der Waals surface area contributed by atoms with Gasteiger partial charge in [-0.2, -0.15) is 0 Å². The Morgan fingerprint density at radius 3 is 2.05 bits per heavy atom. The molecule has 7 heteroatoms. The van der Waals surface area contributed by atoms with Gasteiger partial charge in [-0.15, -0.1) is 0 Å². The minimum atomic E-state index is -3.67. The van der Waals surface area contributed by atoms with E-state index in [-0.39, 0.29) is 19.8 Å². The first-order valence-electron chi connectivity index (χ1n) is 7.72. The summed E-state index contributed by atoms with van der Waals surface area (Å²) in [4.78, 5) is 12.0. The van der Waals surface area contributed by atoms with Gasteiger partial charge >= 0.3 is 13.6 Å². The SMILES string of the molecule is CCCCCCO[C@H](C(=O)OCC)P(=O)(OCC)OCC. The molecule has 0 aromatic rings. The molecule has 6 nitrogen and oxygen atoms in total. The van der Waals surface area contributed by atoms with Gasteiger partial charge in [-0.1, -0.05) is 26.2 Å². The Morgan fingerprint density at radius 2 is 1.57 bits per heavy atom. The van der Waals surface area contributed by atoms with Gasteiger partial charge < -0.3 is 18.5 Å².